The maximum absolute atomic E-state index is 9.60. The number of aromatic nitrogens is 1. The Morgan fingerprint density at radius 3 is 3.13 bits per heavy atom. The minimum atomic E-state index is 0.712. The van der Waals surface area contributed by atoms with Crippen molar-refractivity contribution in [2.45, 2.75) is 0 Å². The van der Waals surface area contributed by atoms with Gasteiger partial charge in [-0.1, -0.05) is 12.1 Å². The lowest BCUT2D eigenvalue weighted by molar-refractivity contribution is 0.295. The van der Waals surface area contributed by atoms with Crippen molar-refractivity contribution in [1.29, 1.82) is 0 Å². The monoisotopic (exact) mass is 199 g/mol. The first-order chi connectivity index (χ1) is 7.36. The van der Waals surface area contributed by atoms with Gasteiger partial charge in [0.05, 0.1) is 16.9 Å². The Bertz CT molecular complexity index is 551. The lowest BCUT2D eigenvalue weighted by Gasteiger charge is -2.21. The Kier molecular flexibility index (Phi) is 1.63. The largest absolute Gasteiger partial charge is 0.357 e. The summed E-state index contributed by atoms with van der Waals surface area (Å²) in [5.41, 5.74) is 2.40. The molecular weight excluding hydrogens is 190 g/mol. The molecule has 1 aromatic heterocycles. The fraction of sp³-hybridized carbons (Fsp3) is 0. The molecule has 4 nitrogen and oxygen atoms in total. The Morgan fingerprint density at radius 2 is 2.20 bits per heavy atom. The molecule has 2 heterocycles. The maximum Gasteiger partial charge on any atom is 0.0959 e. The molecule has 1 aromatic carbocycles. The number of hydrogen-bond donors (Lipinski definition) is 2. The van der Waals surface area contributed by atoms with Gasteiger partial charge in [-0.25, -0.2) is 5.06 Å². The minimum absolute atomic E-state index is 0.712. The zero-order valence-electron chi connectivity index (χ0n) is 7.88. The van der Waals surface area contributed by atoms with E-state index in [-0.39, 0.29) is 0 Å². The number of rotatable bonds is 0. The number of fused-ring (bicyclic) bond motifs is 3. The third kappa shape index (κ3) is 1.15. The van der Waals surface area contributed by atoms with Crippen molar-refractivity contribution in [1.82, 2.24) is 4.98 Å². The van der Waals surface area contributed by atoms with Crippen molar-refractivity contribution >= 4 is 22.3 Å². The van der Waals surface area contributed by atoms with Gasteiger partial charge in [0.1, 0.15) is 0 Å². The van der Waals surface area contributed by atoms with Gasteiger partial charge in [-0.3, -0.25) is 10.2 Å². The number of nitrogens with one attached hydrogen (secondary N) is 1. The number of hydrogen-bond acceptors (Lipinski definition) is 4. The summed E-state index contributed by atoms with van der Waals surface area (Å²) < 4.78 is 0. The zero-order valence-corrected chi connectivity index (χ0v) is 7.88. The van der Waals surface area contributed by atoms with E-state index in [9.17, 15) is 5.21 Å². The summed E-state index contributed by atoms with van der Waals surface area (Å²) in [6, 6.07) is 7.68. The fourth-order valence-corrected chi connectivity index (χ4v) is 1.74. The van der Waals surface area contributed by atoms with Crippen LogP contribution >= 0.6 is 0 Å². The van der Waals surface area contributed by atoms with Crippen LogP contribution in [0.3, 0.4) is 0 Å². The first-order valence-electron chi connectivity index (χ1n) is 4.65. The molecule has 0 saturated carbocycles. The smallest absolute Gasteiger partial charge is 0.0959 e. The summed E-state index contributed by atoms with van der Waals surface area (Å²) in [5, 5.41) is 14.8. The summed E-state index contributed by atoms with van der Waals surface area (Å²) in [6.45, 7) is 0. The Morgan fingerprint density at radius 1 is 1.27 bits per heavy atom. The van der Waals surface area contributed by atoms with E-state index in [0.29, 0.717) is 5.69 Å². The summed E-state index contributed by atoms with van der Waals surface area (Å²) in [6.07, 6.45) is 4.97. The van der Waals surface area contributed by atoms with Crippen LogP contribution in [-0.2, 0) is 0 Å². The van der Waals surface area contributed by atoms with Crippen LogP contribution in [0.25, 0.3) is 10.9 Å². The zero-order chi connectivity index (χ0) is 10.3. The van der Waals surface area contributed by atoms with Gasteiger partial charge in [-0.2, -0.15) is 0 Å². The summed E-state index contributed by atoms with van der Waals surface area (Å²) >= 11 is 0. The number of hydroxylamine groups is 1. The third-order valence-electron chi connectivity index (χ3n) is 2.44. The Hall–Kier alpha value is -2.07. The third-order valence-corrected chi connectivity index (χ3v) is 2.44. The minimum Gasteiger partial charge on any atom is -0.357 e. The summed E-state index contributed by atoms with van der Waals surface area (Å²) in [4.78, 5) is 4.29. The Labute approximate surface area is 86.4 Å². The van der Waals surface area contributed by atoms with E-state index in [1.54, 1.807) is 18.6 Å². The predicted octanol–water partition coefficient (Wildman–Crippen LogP) is 2.33. The normalized spacial score (nSPS) is 13.8. The van der Waals surface area contributed by atoms with E-state index in [1.165, 1.54) is 0 Å². The van der Waals surface area contributed by atoms with Crippen LogP contribution < -0.4 is 10.4 Å². The highest BCUT2D eigenvalue weighted by Crippen LogP contribution is 2.34. The van der Waals surface area contributed by atoms with Crippen molar-refractivity contribution in [2.75, 3.05) is 10.4 Å². The van der Waals surface area contributed by atoms with Gasteiger partial charge in [-0.15, -0.1) is 0 Å². The number of benzene rings is 1. The van der Waals surface area contributed by atoms with Gasteiger partial charge < -0.3 is 5.32 Å². The molecule has 0 atom stereocenters. The van der Waals surface area contributed by atoms with Gasteiger partial charge in [0, 0.05) is 24.0 Å². The summed E-state index contributed by atoms with van der Waals surface area (Å²) in [7, 11) is 0. The van der Waals surface area contributed by atoms with Crippen LogP contribution in [0.1, 0.15) is 0 Å². The van der Waals surface area contributed by atoms with Gasteiger partial charge >= 0.3 is 0 Å². The van der Waals surface area contributed by atoms with Crippen LogP contribution in [0.5, 0.6) is 0 Å². The molecule has 1 aliphatic heterocycles. The van der Waals surface area contributed by atoms with Crippen molar-refractivity contribution in [3.05, 3.63) is 42.9 Å². The molecule has 2 N–H and O–H groups in total. The first-order valence-corrected chi connectivity index (χ1v) is 4.65. The number of anilines is 2. The van der Waals surface area contributed by atoms with Crippen molar-refractivity contribution in [2.24, 2.45) is 0 Å². The standard InChI is InChI=1S/C11H9N3O/c15-14-7-6-13-11-9(14)4-3-8-2-1-5-12-10(8)11/h1-7,13,15H. The SMILES string of the molecule is ON1C=CNc2c1ccc1cccnc21. The highest BCUT2D eigenvalue weighted by Gasteiger charge is 2.13. The van der Waals surface area contributed by atoms with Crippen molar-refractivity contribution in [3.63, 3.8) is 0 Å². The topological polar surface area (TPSA) is 48.4 Å². The number of nitrogens with zero attached hydrogens (tertiary/aromatic N) is 2. The van der Waals surface area contributed by atoms with Crippen molar-refractivity contribution in [3.8, 4) is 0 Å². The molecule has 0 bridgehead atoms. The molecule has 0 unspecified atom stereocenters. The van der Waals surface area contributed by atoms with E-state index in [4.69, 9.17) is 0 Å². The van der Waals surface area contributed by atoms with E-state index in [1.807, 2.05) is 24.3 Å². The van der Waals surface area contributed by atoms with Gasteiger partial charge in [-0.05, 0) is 12.1 Å². The molecule has 0 saturated heterocycles. The molecular formula is C11H9N3O. The second-order valence-electron chi connectivity index (χ2n) is 3.34. The molecule has 0 aliphatic carbocycles. The van der Waals surface area contributed by atoms with Crippen LogP contribution in [0.4, 0.5) is 11.4 Å². The highest BCUT2D eigenvalue weighted by atomic mass is 16.5. The lowest BCUT2D eigenvalue weighted by atomic mass is 10.1. The average molecular weight is 199 g/mol. The van der Waals surface area contributed by atoms with Gasteiger partial charge in [0.15, 0.2) is 0 Å². The van der Waals surface area contributed by atoms with E-state index < -0.39 is 0 Å². The molecule has 2 aromatic rings. The Balaban J connectivity index is 2.36. The van der Waals surface area contributed by atoms with Crippen LogP contribution in [-0.4, -0.2) is 10.2 Å². The molecule has 0 radical (unpaired) electrons. The summed E-state index contributed by atoms with van der Waals surface area (Å²) in [5.74, 6) is 0. The second-order valence-corrected chi connectivity index (χ2v) is 3.34. The second kappa shape index (κ2) is 2.96. The molecule has 15 heavy (non-hydrogen) atoms. The van der Waals surface area contributed by atoms with Crippen LogP contribution in [0.15, 0.2) is 42.9 Å². The molecule has 4 heteroatoms. The van der Waals surface area contributed by atoms with E-state index in [2.05, 4.69) is 10.3 Å². The number of pyridine rings is 1. The molecule has 0 amide bonds. The van der Waals surface area contributed by atoms with Crippen LogP contribution in [0, 0.1) is 0 Å². The molecule has 0 fully saturated rings. The van der Waals surface area contributed by atoms with E-state index >= 15 is 0 Å². The fourth-order valence-electron chi connectivity index (χ4n) is 1.74. The molecule has 74 valence electrons. The molecule has 3 rings (SSSR count). The van der Waals surface area contributed by atoms with Crippen molar-refractivity contribution < 1.29 is 5.21 Å². The van der Waals surface area contributed by atoms with Gasteiger partial charge in [0.2, 0.25) is 0 Å². The molecule has 0 spiro atoms. The lowest BCUT2D eigenvalue weighted by Crippen LogP contribution is -2.15. The van der Waals surface area contributed by atoms with E-state index in [0.717, 1.165) is 21.7 Å². The highest BCUT2D eigenvalue weighted by molar-refractivity contribution is 5.98. The first kappa shape index (κ1) is 8.26. The average Bonchev–Trinajstić information content (AvgIpc) is 2.29. The predicted molar refractivity (Wildman–Crippen MR) is 58.8 cm³/mol. The maximum atomic E-state index is 9.60. The van der Waals surface area contributed by atoms with Gasteiger partial charge in [0.25, 0.3) is 0 Å². The van der Waals surface area contributed by atoms with Crippen LogP contribution in [0.2, 0.25) is 0 Å². The molecule has 1 aliphatic rings. The quantitative estimate of drug-likeness (QED) is 0.683.